The highest BCUT2D eigenvalue weighted by atomic mass is 15.2. The van der Waals surface area contributed by atoms with Gasteiger partial charge >= 0.3 is 0 Å². The van der Waals surface area contributed by atoms with Gasteiger partial charge in [0, 0.05) is 24.0 Å². The third-order valence-corrected chi connectivity index (χ3v) is 5.59. The fraction of sp³-hybridized carbons (Fsp3) is 0.400. The molecule has 0 radical (unpaired) electrons. The molecule has 5 rings (SSSR count). The van der Waals surface area contributed by atoms with E-state index in [0.717, 1.165) is 34.7 Å². The van der Waals surface area contributed by atoms with Crippen LogP contribution in [0.15, 0.2) is 35.6 Å². The van der Waals surface area contributed by atoms with E-state index in [4.69, 9.17) is 4.98 Å². The quantitative estimate of drug-likeness (QED) is 0.762. The molecule has 1 spiro atoms. The van der Waals surface area contributed by atoms with Gasteiger partial charge in [-0.3, -0.25) is 4.99 Å². The van der Waals surface area contributed by atoms with Gasteiger partial charge in [-0.15, -0.1) is 0 Å². The van der Waals surface area contributed by atoms with Crippen molar-refractivity contribution in [2.75, 3.05) is 11.9 Å². The molecular weight excluding hydrogens is 324 g/mol. The maximum atomic E-state index is 4.85. The van der Waals surface area contributed by atoms with E-state index in [1.165, 1.54) is 32.1 Å². The van der Waals surface area contributed by atoms with Gasteiger partial charge in [0.2, 0.25) is 5.95 Å². The molecule has 1 saturated carbocycles. The van der Waals surface area contributed by atoms with Gasteiger partial charge in [-0.05, 0) is 37.5 Å². The van der Waals surface area contributed by atoms with E-state index in [1.807, 2.05) is 37.7 Å². The monoisotopic (exact) mass is 346 g/mol. The number of anilines is 2. The van der Waals surface area contributed by atoms with Crippen LogP contribution in [0.4, 0.5) is 11.8 Å². The molecule has 26 heavy (non-hydrogen) atoms. The van der Waals surface area contributed by atoms with Crippen molar-refractivity contribution in [1.29, 1.82) is 0 Å². The van der Waals surface area contributed by atoms with Crippen LogP contribution in [0.2, 0.25) is 0 Å². The minimum absolute atomic E-state index is 0.0812. The average molecular weight is 346 g/mol. The summed E-state index contributed by atoms with van der Waals surface area (Å²) < 4.78 is 2.42. The van der Waals surface area contributed by atoms with Crippen LogP contribution in [0.3, 0.4) is 0 Å². The summed E-state index contributed by atoms with van der Waals surface area (Å²) >= 11 is 0. The summed E-state index contributed by atoms with van der Waals surface area (Å²) in [6, 6.07) is 6.13. The highest BCUT2D eigenvalue weighted by Crippen LogP contribution is 2.40. The Labute approximate surface area is 152 Å². The van der Waals surface area contributed by atoms with Crippen molar-refractivity contribution < 1.29 is 0 Å². The fourth-order valence-corrected chi connectivity index (χ4v) is 4.29. The Bertz CT molecular complexity index is 979. The zero-order chi connectivity index (χ0) is 17.6. The van der Waals surface area contributed by atoms with Gasteiger partial charge in [-0.2, -0.15) is 4.98 Å². The minimum atomic E-state index is 0.0812. The Morgan fingerprint density at radius 2 is 1.96 bits per heavy atom. The topological polar surface area (TPSA) is 68.0 Å². The highest BCUT2D eigenvalue weighted by Gasteiger charge is 2.38. The SMILES string of the molecule is Cc1ccc(Nc2ncc3cc4n(c3n2)C2(CCCCC2)CN=C4)nc1. The number of hydrogen-bond donors (Lipinski definition) is 1. The molecule has 6 heteroatoms. The van der Waals surface area contributed by atoms with Crippen LogP contribution in [0.5, 0.6) is 0 Å². The molecule has 6 nitrogen and oxygen atoms in total. The molecule has 1 fully saturated rings. The number of aliphatic imine (C=N–C) groups is 1. The maximum absolute atomic E-state index is 4.85. The lowest BCUT2D eigenvalue weighted by atomic mass is 9.80. The molecule has 3 aromatic rings. The second kappa shape index (κ2) is 5.90. The Balaban J connectivity index is 1.59. The van der Waals surface area contributed by atoms with Crippen molar-refractivity contribution in [2.45, 2.75) is 44.6 Å². The number of nitrogens with zero attached hydrogens (tertiary/aromatic N) is 5. The predicted octanol–water partition coefficient (Wildman–Crippen LogP) is 3.97. The smallest absolute Gasteiger partial charge is 0.230 e. The van der Waals surface area contributed by atoms with Gasteiger partial charge in [-0.1, -0.05) is 25.3 Å². The zero-order valence-corrected chi connectivity index (χ0v) is 14.9. The second-order valence-electron chi connectivity index (χ2n) is 7.48. The summed E-state index contributed by atoms with van der Waals surface area (Å²) in [5, 5.41) is 4.30. The molecule has 0 amide bonds. The largest absolute Gasteiger partial charge is 0.316 e. The number of aromatic nitrogens is 4. The van der Waals surface area contributed by atoms with Crippen LogP contribution in [-0.2, 0) is 5.54 Å². The first kappa shape index (κ1) is 15.5. The maximum Gasteiger partial charge on any atom is 0.230 e. The standard InChI is InChI=1S/C20H22N6/c1-14-5-6-17(22-10-14)24-19-23-11-15-9-16-12-21-13-20(7-3-2-4-8-20)26(16)18(15)25-19/h5-6,9-12H,2-4,7-8,13H2,1H3,(H,22,23,24,25). The van der Waals surface area contributed by atoms with Crippen molar-refractivity contribution in [3.8, 4) is 0 Å². The van der Waals surface area contributed by atoms with Crippen LogP contribution >= 0.6 is 0 Å². The van der Waals surface area contributed by atoms with Crippen LogP contribution < -0.4 is 5.32 Å². The molecule has 0 saturated heterocycles. The molecule has 0 bridgehead atoms. The van der Waals surface area contributed by atoms with Gasteiger partial charge < -0.3 is 9.88 Å². The van der Waals surface area contributed by atoms with Gasteiger partial charge in [0.05, 0.1) is 17.8 Å². The number of rotatable bonds is 2. The molecule has 1 aliphatic heterocycles. The first-order chi connectivity index (χ1) is 12.7. The molecule has 0 unspecified atom stereocenters. The Morgan fingerprint density at radius 3 is 2.77 bits per heavy atom. The molecule has 3 aromatic heterocycles. The van der Waals surface area contributed by atoms with E-state index in [0.29, 0.717) is 5.95 Å². The summed E-state index contributed by atoms with van der Waals surface area (Å²) in [5.74, 6) is 1.34. The lowest BCUT2D eigenvalue weighted by molar-refractivity contribution is 0.204. The van der Waals surface area contributed by atoms with Crippen LogP contribution in [0.1, 0.15) is 43.4 Å². The van der Waals surface area contributed by atoms with Crippen LogP contribution in [-0.4, -0.2) is 32.3 Å². The predicted molar refractivity (Wildman–Crippen MR) is 103 cm³/mol. The number of hydrogen-bond acceptors (Lipinski definition) is 5. The van der Waals surface area contributed by atoms with Crippen LogP contribution in [0.25, 0.3) is 11.0 Å². The fourth-order valence-electron chi connectivity index (χ4n) is 4.29. The molecule has 132 valence electrons. The molecule has 1 N–H and O–H groups in total. The van der Waals surface area contributed by atoms with Gasteiger partial charge in [-0.25, -0.2) is 9.97 Å². The summed E-state index contributed by atoms with van der Waals surface area (Å²) in [5.41, 5.74) is 3.36. The van der Waals surface area contributed by atoms with E-state index < -0.39 is 0 Å². The number of aryl methyl sites for hydroxylation is 1. The summed E-state index contributed by atoms with van der Waals surface area (Å²) in [7, 11) is 0. The van der Waals surface area contributed by atoms with Crippen molar-refractivity contribution in [3.63, 3.8) is 0 Å². The van der Waals surface area contributed by atoms with Crippen molar-refractivity contribution in [2.24, 2.45) is 4.99 Å². The van der Waals surface area contributed by atoms with Gasteiger partial charge in [0.15, 0.2) is 0 Å². The lowest BCUT2D eigenvalue weighted by Gasteiger charge is -2.40. The molecule has 1 aliphatic carbocycles. The lowest BCUT2D eigenvalue weighted by Crippen LogP contribution is -2.42. The normalized spacial score (nSPS) is 18.2. The van der Waals surface area contributed by atoms with E-state index in [-0.39, 0.29) is 5.54 Å². The minimum Gasteiger partial charge on any atom is -0.316 e. The van der Waals surface area contributed by atoms with Crippen molar-refractivity contribution in [1.82, 2.24) is 19.5 Å². The molecule has 0 aromatic carbocycles. The zero-order valence-electron chi connectivity index (χ0n) is 14.9. The number of fused-ring (bicyclic) bond motifs is 4. The highest BCUT2D eigenvalue weighted by molar-refractivity contribution is 5.90. The molecule has 0 atom stereocenters. The Morgan fingerprint density at radius 1 is 1.08 bits per heavy atom. The molecule has 2 aliphatic rings. The second-order valence-corrected chi connectivity index (χ2v) is 7.48. The molecular formula is C20H22N6. The third kappa shape index (κ3) is 2.48. The summed E-state index contributed by atoms with van der Waals surface area (Å²) in [6.07, 6.45) is 11.9. The Kier molecular flexibility index (Phi) is 3.51. The van der Waals surface area contributed by atoms with Gasteiger partial charge in [0.1, 0.15) is 11.5 Å². The van der Waals surface area contributed by atoms with Crippen molar-refractivity contribution in [3.05, 3.63) is 41.9 Å². The molecule has 4 heterocycles. The summed E-state index contributed by atoms with van der Waals surface area (Å²) in [4.78, 5) is 18.4. The first-order valence-electron chi connectivity index (χ1n) is 9.32. The van der Waals surface area contributed by atoms with Gasteiger partial charge in [0.25, 0.3) is 0 Å². The number of nitrogens with one attached hydrogen (secondary N) is 1. The first-order valence-corrected chi connectivity index (χ1v) is 9.32. The third-order valence-electron chi connectivity index (χ3n) is 5.59. The van der Waals surface area contributed by atoms with Crippen LogP contribution in [0, 0.1) is 6.92 Å². The Hall–Kier alpha value is -2.76. The number of pyridine rings is 1. The van der Waals surface area contributed by atoms with E-state index in [1.54, 1.807) is 0 Å². The van der Waals surface area contributed by atoms with E-state index in [9.17, 15) is 0 Å². The average Bonchev–Trinajstić information content (AvgIpc) is 3.04. The van der Waals surface area contributed by atoms with E-state index >= 15 is 0 Å². The van der Waals surface area contributed by atoms with E-state index in [2.05, 4.69) is 30.9 Å². The summed E-state index contributed by atoms with van der Waals surface area (Å²) in [6.45, 7) is 2.88. The van der Waals surface area contributed by atoms with Crippen molar-refractivity contribution >= 4 is 29.0 Å².